The van der Waals surface area contributed by atoms with E-state index in [1.807, 2.05) is 0 Å². The smallest absolute Gasteiger partial charge is 0.251 e. The van der Waals surface area contributed by atoms with E-state index in [4.69, 9.17) is 9.84 Å². The Labute approximate surface area is 216 Å². The van der Waals surface area contributed by atoms with Gasteiger partial charge in [-0.2, -0.15) is 9.97 Å². The molecule has 1 aromatic carbocycles. The third-order valence-electron chi connectivity index (χ3n) is 6.87. The van der Waals surface area contributed by atoms with Crippen molar-refractivity contribution in [3.63, 3.8) is 0 Å². The molecular formula is C23H28F2N6O6S. The van der Waals surface area contributed by atoms with E-state index in [0.29, 0.717) is 18.4 Å². The number of fused-ring (bicyclic) bond motifs is 1. The van der Waals surface area contributed by atoms with Gasteiger partial charge in [0.15, 0.2) is 28.6 Å². The lowest BCUT2D eigenvalue weighted by Crippen LogP contribution is -2.33. The predicted molar refractivity (Wildman–Crippen MR) is 129 cm³/mol. The van der Waals surface area contributed by atoms with E-state index < -0.39 is 51.0 Å². The molecule has 15 heteroatoms. The molecule has 38 heavy (non-hydrogen) atoms. The number of ether oxygens (including phenoxy) is 1. The van der Waals surface area contributed by atoms with E-state index in [-0.39, 0.29) is 54.3 Å². The summed E-state index contributed by atoms with van der Waals surface area (Å²) in [6.07, 6.45) is -2.34. The molecule has 0 amide bonds. The summed E-state index contributed by atoms with van der Waals surface area (Å²) in [4.78, 5) is 8.47. The highest BCUT2D eigenvalue weighted by Crippen LogP contribution is 2.44. The average Bonchev–Trinajstić information content (AvgIpc) is 3.42. The van der Waals surface area contributed by atoms with Gasteiger partial charge >= 0.3 is 0 Å². The molecule has 0 bridgehead atoms. The zero-order valence-electron chi connectivity index (χ0n) is 20.4. The summed E-state index contributed by atoms with van der Waals surface area (Å²) in [6, 6.07) is 2.60. The van der Waals surface area contributed by atoms with Crippen molar-refractivity contribution in [2.24, 2.45) is 0 Å². The van der Waals surface area contributed by atoms with Gasteiger partial charge in [-0.1, -0.05) is 18.2 Å². The first-order chi connectivity index (χ1) is 18.1. The Morgan fingerprint density at radius 2 is 1.95 bits per heavy atom. The Hall–Kier alpha value is -2.85. The van der Waals surface area contributed by atoms with Crippen LogP contribution in [0.5, 0.6) is 0 Å². The number of benzene rings is 1. The van der Waals surface area contributed by atoms with Gasteiger partial charge in [-0.25, -0.2) is 21.9 Å². The standard InChI is InChI=1S/C23H28F2N6O6S/c1-2-7-38(35,36)23-27-21(26-15-9-12(15)11-3-4-13(24)14(25)8-11)18-22(28-23)31(30-29-18)16-10-17(37-6-5-32)20(34)19(16)33/h3-4,8,12,15-17,19-20,32-34H,2,5-7,9-10H2,1H3,(H,26,27,28)/t12-,15+,16+,17-,19-,20+/m0/s1. The zero-order chi connectivity index (χ0) is 27.2. The van der Waals surface area contributed by atoms with Gasteiger partial charge < -0.3 is 25.4 Å². The van der Waals surface area contributed by atoms with Crippen LogP contribution in [0.2, 0.25) is 0 Å². The Balaban J connectivity index is 1.50. The van der Waals surface area contributed by atoms with Gasteiger partial charge in [-0.05, 0) is 30.5 Å². The summed E-state index contributed by atoms with van der Waals surface area (Å²) >= 11 is 0. The summed E-state index contributed by atoms with van der Waals surface area (Å²) in [5, 5.41) is 41.1. The van der Waals surface area contributed by atoms with Crippen LogP contribution in [0.3, 0.4) is 0 Å². The maximum Gasteiger partial charge on any atom is 0.251 e. The number of hydrogen-bond acceptors (Lipinski definition) is 11. The lowest BCUT2D eigenvalue weighted by atomic mass is 10.1. The molecule has 12 nitrogen and oxygen atoms in total. The van der Waals surface area contributed by atoms with Gasteiger partial charge in [-0.15, -0.1) is 5.10 Å². The van der Waals surface area contributed by atoms with Crippen LogP contribution in [0.4, 0.5) is 14.6 Å². The minimum absolute atomic E-state index is 0.0323. The number of nitrogens with one attached hydrogen (secondary N) is 1. The van der Waals surface area contributed by atoms with Crippen molar-refractivity contribution in [1.29, 1.82) is 0 Å². The highest BCUT2D eigenvalue weighted by atomic mass is 32.2. The Bertz CT molecular complexity index is 1440. The number of aliphatic hydroxyl groups excluding tert-OH is 3. The second kappa shape index (κ2) is 10.4. The molecule has 206 valence electrons. The molecule has 2 aromatic heterocycles. The van der Waals surface area contributed by atoms with Gasteiger partial charge in [0.05, 0.1) is 31.1 Å². The summed E-state index contributed by atoms with van der Waals surface area (Å²) in [7, 11) is -3.87. The average molecular weight is 555 g/mol. The van der Waals surface area contributed by atoms with Gasteiger partial charge in [0.2, 0.25) is 9.84 Å². The lowest BCUT2D eigenvalue weighted by Gasteiger charge is -2.17. The van der Waals surface area contributed by atoms with Crippen LogP contribution in [0.1, 0.15) is 43.7 Å². The van der Waals surface area contributed by atoms with Crippen LogP contribution >= 0.6 is 0 Å². The summed E-state index contributed by atoms with van der Waals surface area (Å²) in [5.74, 6) is -2.14. The molecule has 2 saturated carbocycles. The van der Waals surface area contributed by atoms with Gasteiger partial charge in [0, 0.05) is 18.4 Å². The molecule has 0 radical (unpaired) electrons. The highest BCUT2D eigenvalue weighted by Gasteiger charge is 2.45. The first-order valence-electron chi connectivity index (χ1n) is 12.3. The Morgan fingerprint density at radius 3 is 2.66 bits per heavy atom. The third-order valence-corrected chi connectivity index (χ3v) is 8.56. The van der Waals surface area contributed by atoms with Crippen molar-refractivity contribution in [1.82, 2.24) is 25.0 Å². The SMILES string of the molecule is CCCS(=O)(=O)c1nc(N[C@@H]2C[C@H]2c2ccc(F)c(F)c2)c2nnn([C@@H]3C[C@H](OCCO)[C@@H](O)[C@H]3O)c2n1. The summed E-state index contributed by atoms with van der Waals surface area (Å²) in [5.41, 5.74) is 0.783. The first-order valence-corrected chi connectivity index (χ1v) is 14.0. The maximum absolute atomic E-state index is 13.7. The van der Waals surface area contributed by atoms with Crippen molar-refractivity contribution in [2.45, 2.75) is 67.7 Å². The molecule has 5 rings (SSSR count). The van der Waals surface area contributed by atoms with Gasteiger partial charge in [0.25, 0.3) is 5.16 Å². The van der Waals surface area contributed by atoms with E-state index in [2.05, 4.69) is 25.6 Å². The van der Waals surface area contributed by atoms with Crippen LogP contribution in [-0.2, 0) is 14.6 Å². The molecule has 0 saturated heterocycles. The molecule has 2 fully saturated rings. The minimum atomic E-state index is -3.87. The number of hydrogen-bond donors (Lipinski definition) is 4. The molecule has 2 heterocycles. The van der Waals surface area contributed by atoms with E-state index in [0.717, 1.165) is 12.1 Å². The molecule has 6 atom stereocenters. The first kappa shape index (κ1) is 26.7. The number of aromatic nitrogens is 5. The fraction of sp³-hybridized carbons (Fsp3) is 0.565. The number of anilines is 1. The molecule has 4 N–H and O–H groups in total. The largest absolute Gasteiger partial charge is 0.394 e. The monoisotopic (exact) mass is 554 g/mol. The molecule has 0 aliphatic heterocycles. The summed E-state index contributed by atoms with van der Waals surface area (Å²) < 4.78 is 59.6. The predicted octanol–water partition coefficient (Wildman–Crippen LogP) is 0.695. The van der Waals surface area contributed by atoms with Crippen LogP contribution in [0.15, 0.2) is 23.4 Å². The number of nitrogens with zero attached hydrogens (tertiary/aromatic N) is 5. The molecule has 2 aliphatic rings. The minimum Gasteiger partial charge on any atom is -0.394 e. The molecule has 2 aliphatic carbocycles. The fourth-order valence-electron chi connectivity index (χ4n) is 4.85. The number of halogens is 2. The second-order valence-electron chi connectivity index (χ2n) is 9.56. The van der Waals surface area contributed by atoms with Crippen LogP contribution < -0.4 is 5.32 Å². The van der Waals surface area contributed by atoms with Crippen molar-refractivity contribution < 1.29 is 37.3 Å². The lowest BCUT2D eigenvalue weighted by molar-refractivity contribution is -0.0629. The second-order valence-corrected chi connectivity index (χ2v) is 11.6. The maximum atomic E-state index is 13.7. The molecule has 3 aromatic rings. The number of sulfone groups is 1. The van der Waals surface area contributed by atoms with E-state index >= 15 is 0 Å². The van der Waals surface area contributed by atoms with Gasteiger partial charge in [-0.3, -0.25) is 0 Å². The van der Waals surface area contributed by atoms with Crippen molar-refractivity contribution in [2.75, 3.05) is 24.3 Å². The highest BCUT2D eigenvalue weighted by molar-refractivity contribution is 7.91. The van der Waals surface area contributed by atoms with Crippen LogP contribution in [-0.4, -0.2) is 92.0 Å². The third kappa shape index (κ3) is 4.96. The number of aliphatic hydroxyl groups is 3. The topological polar surface area (TPSA) is 173 Å². The normalized spacial score (nSPS) is 27.2. The molecule has 0 unspecified atom stereocenters. The van der Waals surface area contributed by atoms with Crippen molar-refractivity contribution in [3.8, 4) is 0 Å². The quantitative estimate of drug-likeness (QED) is 0.260. The summed E-state index contributed by atoms with van der Waals surface area (Å²) in [6.45, 7) is 1.42. The van der Waals surface area contributed by atoms with E-state index in [9.17, 15) is 27.4 Å². The van der Waals surface area contributed by atoms with Crippen molar-refractivity contribution >= 4 is 26.8 Å². The Kier molecular flexibility index (Phi) is 7.30. The molecule has 0 spiro atoms. The zero-order valence-corrected chi connectivity index (χ0v) is 21.2. The molecular weight excluding hydrogens is 526 g/mol. The van der Waals surface area contributed by atoms with Gasteiger partial charge in [0.1, 0.15) is 12.2 Å². The van der Waals surface area contributed by atoms with E-state index in [1.165, 1.54) is 10.7 Å². The van der Waals surface area contributed by atoms with Crippen LogP contribution in [0.25, 0.3) is 11.2 Å². The van der Waals surface area contributed by atoms with Crippen LogP contribution in [0, 0.1) is 11.6 Å². The Morgan fingerprint density at radius 1 is 1.16 bits per heavy atom. The van der Waals surface area contributed by atoms with E-state index in [1.54, 1.807) is 6.92 Å². The fourth-order valence-corrected chi connectivity index (χ4v) is 6.03. The number of rotatable bonds is 10. The van der Waals surface area contributed by atoms with Crippen molar-refractivity contribution in [3.05, 3.63) is 35.4 Å².